The average molecular weight is 957 g/mol. The molecule has 0 fully saturated rings. The van der Waals surface area contributed by atoms with E-state index in [1.165, 1.54) is 132 Å². The fourth-order valence-electron chi connectivity index (χ4n) is 13.0. The second kappa shape index (κ2) is 15.7. The number of fused-ring (bicyclic) bond motifs is 15. The Labute approximate surface area is 435 Å². The zero-order chi connectivity index (χ0) is 49.7. The molecule has 0 saturated carbocycles. The highest BCUT2D eigenvalue weighted by Crippen LogP contribution is 2.67. The van der Waals surface area contributed by atoms with Crippen LogP contribution in [0.15, 0.2) is 200 Å². The molecule has 0 unspecified atom stereocenters. The van der Waals surface area contributed by atoms with E-state index in [0.29, 0.717) is 0 Å². The van der Waals surface area contributed by atoms with Crippen LogP contribution in [0.4, 0.5) is 34.1 Å². The maximum atomic E-state index is 2.66. The minimum Gasteiger partial charge on any atom is -0.311 e. The molecule has 0 radical (unpaired) electrons. The molecule has 73 heavy (non-hydrogen) atoms. The number of hydrogen-bond donors (Lipinski definition) is 0. The van der Waals surface area contributed by atoms with Crippen molar-refractivity contribution in [1.29, 1.82) is 0 Å². The van der Waals surface area contributed by atoms with Gasteiger partial charge in [-0.3, -0.25) is 0 Å². The number of hydrogen-bond acceptors (Lipinski definition) is 3. The van der Waals surface area contributed by atoms with E-state index < -0.39 is 5.41 Å². The van der Waals surface area contributed by atoms with E-state index in [2.05, 4.69) is 277 Å². The van der Waals surface area contributed by atoms with E-state index in [0.717, 1.165) is 5.69 Å². The van der Waals surface area contributed by atoms with Crippen LogP contribution in [0.25, 0.3) is 44.5 Å². The van der Waals surface area contributed by atoms with Gasteiger partial charge in [-0.05, 0) is 150 Å². The van der Waals surface area contributed by atoms with Crippen LogP contribution < -0.4 is 25.5 Å². The summed E-state index contributed by atoms with van der Waals surface area (Å²) in [5.41, 5.74) is 29.1. The second-order valence-electron chi connectivity index (χ2n) is 23.0. The zero-order valence-corrected chi connectivity index (χ0v) is 43.7. The first kappa shape index (κ1) is 44.1. The van der Waals surface area contributed by atoms with Gasteiger partial charge in [-0.15, -0.1) is 11.3 Å². The topological polar surface area (TPSA) is 6.48 Å². The largest absolute Gasteiger partial charge is 0.311 e. The van der Waals surface area contributed by atoms with Crippen LogP contribution in [-0.4, -0.2) is 6.71 Å². The van der Waals surface area contributed by atoms with Crippen LogP contribution in [0.3, 0.4) is 0 Å². The monoisotopic (exact) mass is 956 g/mol. The number of nitrogens with zero attached hydrogens (tertiary/aromatic N) is 2. The van der Waals surface area contributed by atoms with E-state index in [-0.39, 0.29) is 17.5 Å². The molecule has 3 heterocycles. The van der Waals surface area contributed by atoms with Gasteiger partial charge in [0.2, 0.25) is 0 Å². The molecular weight excluding hydrogens is 900 g/mol. The van der Waals surface area contributed by atoms with Crippen LogP contribution in [0.5, 0.6) is 0 Å². The highest BCUT2D eigenvalue weighted by Gasteiger charge is 2.57. The van der Waals surface area contributed by atoms with Crippen LogP contribution in [-0.2, 0) is 16.2 Å². The molecule has 0 N–H and O–H groups in total. The summed E-state index contributed by atoms with van der Waals surface area (Å²) in [4.78, 5) is 6.66. The number of anilines is 6. The van der Waals surface area contributed by atoms with Crippen LogP contribution in [0.2, 0.25) is 0 Å². The maximum Gasteiger partial charge on any atom is 0.264 e. The summed E-state index contributed by atoms with van der Waals surface area (Å²) >= 11 is 2.07. The molecule has 2 aliphatic heterocycles. The van der Waals surface area contributed by atoms with Crippen LogP contribution in [0.1, 0.15) is 85.4 Å². The zero-order valence-electron chi connectivity index (χ0n) is 42.9. The van der Waals surface area contributed by atoms with Gasteiger partial charge in [-0.1, -0.05) is 205 Å². The van der Waals surface area contributed by atoms with Crippen molar-refractivity contribution < 1.29 is 0 Å². The molecule has 0 atom stereocenters. The normalized spacial score (nSPS) is 14.3. The summed E-state index contributed by atoms with van der Waals surface area (Å²) < 4.78 is 1.40. The quantitative estimate of drug-likeness (QED) is 0.162. The van der Waals surface area contributed by atoms with E-state index in [9.17, 15) is 0 Å². The van der Waals surface area contributed by atoms with Gasteiger partial charge in [-0.25, -0.2) is 0 Å². The molecule has 1 aromatic heterocycles. The Hall–Kier alpha value is -7.66. The highest BCUT2D eigenvalue weighted by atomic mass is 32.1. The maximum absolute atomic E-state index is 2.66. The lowest BCUT2D eigenvalue weighted by Gasteiger charge is -2.44. The van der Waals surface area contributed by atoms with Crippen molar-refractivity contribution >= 4 is 67.9 Å². The lowest BCUT2D eigenvalue weighted by Crippen LogP contribution is -2.60. The summed E-state index contributed by atoms with van der Waals surface area (Å²) in [5, 5.41) is 0. The fourth-order valence-corrected chi connectivity index (χ4v) is 14.7. The summed E-state index contributed by atoms with van der Waals surface area (Å²) in [6.07, 6.45) is 0. The van der Waals surface area contributed by atoms with E-state index in [1.807, 2.05) is 0 Å². The summed E-state index contributed by atoms with van der Waals surface area (Å²) in [6.45, 7) is 18.5. The van der Waals surface area contributed by atoms with E-state index >= 15 is 0 Å². The fraction of sp³-hybridized carbons (Fsp3) is 0.159. The average Bonchev–Trinajstić information content (AvgIpc) is 4.02. The molecule has 2 nitrogen and oxygen atoms in total. The Morgan fingerprint density at radius 3 is 1.66 bits per heavy atom. The van der Waals surface area contributed by atoms with Gasteiger partial charge in [-0.2, -0.15) is 0 Å². The number of thiophene rings is 1. The van der Waals surface area contributed by atoms with E-state index in [1.54, 1.807) is 0 Å². The standard InChI is InChI=1S/C69H57BN2S/c1-42-27-32-49(33-28-42)72-61-38-43(2)37-60-63(61)70(58-36-29-45(39-59(58)71(60)48-21-13-10-14-22-48)54-40-46(67(3,4)5)30-34-50(54)44-19-11-9-12-20-44)66-64(72)62-53-35-31-47(68(6,7)8)41-57(53)69(65(62)73-66)55-25-17-15-23-51(55)52-24-16-18-26-56(52)69/h9-41H,1-8H3. The molecule has 10 aromatic rings. The molecule has 352 valence electrons. The second-order valence-corrected chi connectivity index (χ2v) is 24.1. The van der Waals surface area contributed by atoms with Crippen molar-refractivity contribution in [3.8, 4) is 44.5 Å². The first-order chi connectivity index (χ1) is 35.3. The minimum absolute atomic E-state index is 0.0207. The number of benzene rings is 9. The van der Waals surface area contributed by atoms with E-state index in [4.69, 9.17) is 0 Å². The Balaban J connectivity index is 1.11. The predicted octanol–water partition coefficient (Wildman–Crippen LogP) is 16.7. The molecular formula is C69H57BN2S. The SMILES string of the molecule is Cc1ccc(N2c3cc(C)cc4c3B(c3ccc(-c5cc(C(C)(C)C)ccc5-c5ccccc5)cc3N4c3ccccc3)c3sc4c(c32)-c2ccc(C(C)(C)C)cc2C42c3ccccc3-c3ccccc32)cc1. The van der Waals surface area contributed by atoms with Crippen molar-refractivity contribution in [1.82, 2.24) is 0 Å². The highest BCUT2D eigenvalue weighted by molar-refractivity contribution is 7.30. The van der Waals surface area contributed by atoms with Gasteiger partial charge >= 0.3 is 0 Å². The van der Waals surface area contributed by atoms with Gasteiger partial charge in [0.05, 0.1) is 11.1 Å². The molecule has 2 aliphatic carbocycles. The molecule has 0 saturated heterocycles. The van der Waals surface area contributed by atoms with Crippen LogP contribution >= 0.6 is 11.3 Å². The molecule has 4 aliphatic rings. The van der Waals surface area contributed by atoms with Gasteiger partial charge < -0.3 is 9.80 Å². The van der Waals surface area contributed by atoms with Gasteiger partial charge in [0.15, 0.2) is 0 Å². The Morgan fingerprint density at radius 2 is 1.00 bits per heavy atom. The lowest BCUT2D eigenvalue weighted by atomic mass is 9.36. The predicted molar refractivity (Wildman–Crippen MR) is 312 cm³/mol. The van der Waals surface area contributed by atoms with Crippen LogP contribution in [0, 0.1) is 13.8 Å². The van der Waals surface area contributed by atoms with Gasteiger partial charge in [0.25, 0.3) is 6.71 Å². The third kappa shape index (κ3) is 6.29. The molecule has 0 amide bonds. The molecule has 9 aromatic carbocycles. The smallest absolute Gasteiger partial charge is 0.264 e. The van der Waals surface area contributed by atoms with Crippen molar-refractivity contribution in [3.05, 3.63) is 244 Å². The third-order valence-electron chi connectivity index (χ3n) is 16.5. The third-order valence-corrected chi connectivity index (χ3v) is 17.8. The lowest BCUT2D eigenvalue weighted by molar-refractivity contribution is 0.588. The van der Waals surface area contributed by atoms with Crippen molar-refractivity contribution in [3.63, 3.8) is 0 Å². The Kier molecular flexibility index (Phi) is 9.46. The summed E-state index contributed by atoms with van der Waals surface area (Å²) in [5.74, 6) is 0. The number of para-hydroxylation sites is 1. The summed E-state index contributed by atoms with van der Waals surface area (Å²) in [7, 11) is 0. The first-order valence-corrected chi connectivity index (χ1v) is 26.8. The first-order valence-electron chi connectivity index (χ1n) is 26.0. The van der Waals surface area contributed by atoms with Gasteiger partial charge in [0, 0.05) is 43.7 Å². The molecule has 0 bridgehead atoms. The molecule has 1 spiro atoms. The van der Waals surface area contributed by atoms with Crippen molar-refractivity contribution in [2.24, 2.45) is 0 Å². The molecule has 4 heteroatoms. The summed E-state index contributed by atoms with van der Waals surface area (Å²) in [6, 6.07) is 76.8. The Bertz CT molecular complexity index is 3860. The minimum atomic E-state index is -0.492. The van der Waals surface area contributed by atoms with Crippen molar-refractivity contribution in [2.75, 3.05) is 9.80 Å². The van der Waals surface area contributed by atoms with Crippen molar-refractivity contribution in [2.45, 2.75) is 71.6 Å². The van der Waals surface area contributed by atoms with Gasteiger partial charge in [0.1, 0.15) is 0 Å². The molecule has 14 rings (SSSR count). The number of aryl methyl sites for hydroxylation is 2. The number of rotatable bonds is 4. The Morgan fingerprint density at radius 1 is 0.425 bits per heavy atom.